The van der Waals surface area contributed by atoms with Crippen LogP contribution in [0.4, 0.5) is 11.4 Å². The molecule has 0 aromatic heterocycles. The van der Waals surface area contributed by atoms with Crippen molar-refractivity contribution >= 4 is 27.3 Å². The summed E-state index contributed by atoms with van der Waals surface area (Å²) in [6, 6.07) is 15.2. The first-order chi connectivity index (χ1) is 15.2. The molecule has 3 aromatic rings. The highest BCUT2D eigenvalue weighted by Crippen LogP contribution is 2.33. The lowest BCUT2D eigenvalue weighted by atomic mass is 10.1. The molecule has 1 amide bonds. The van der Waals surface area contributed by atoms with Crippen molar-refractivity contribution in [2.24, 2.45) is 0 Å². The number of rotatable bonds is 5. The van der Waals surface area contributed by atoms with Gasteiger partial charge in [0.1, 0.15) is 13.2 Å². The van der Waals surface area contributed by atoms with Crippen molar-refractivity contribution < 1.29 is 22.7 Å². The minimum Gasteiger partial charge on any atom is -0.486 e. The number of amides is 1. The molecule has 1 heterocycles. The third kappa shape index (κ3) is 4.55. The summed E-state index contributed by atoms with van der Waals surface area (Å²) in [7, 11) is -3.89. The van der Waals surface area contributed by atoms with Crippen LogP contribution in [0.2, 0.25) is 0 Å². The maximum Gasteiger partial charge on any atom is 0.262 e. The summed E-state index contributed by atoms with van der Waals surface area (Å²) >= 11 is 0. The topological polar surface area (TPSA) is 93.7 Å². The van der Waals surface area contributed by atoms with Crippen LogP contribution in [0.25, 0.3) is 0 Å². The first-order valence-corrected chi connectivity index (χ1v) is 11.6. The second kappa shape index (κ2) is 8.55. The number of carbonyl (C=O) groups is 1. The van der Waals surface area contributed by atoms with Gasteiger partial charge >= 0.3 is 0 Å². The van der Waals surface area contributed by atoms with E-state index in [1.54, 1.807) is 43.3 Å². The van der Waals surface area contributed by atoms with E-state index >= 15 is 0 Å². The van der Waals surface area contributed by atoms with Crippen LogP contribution in [-0.2, 0) is 10.0 Å². The lowest BCUT2D eigenvalue weighted by Crippen LogP contribution is -2.18. The SMILES string of the molecule is Cc1ccc(NS(=O)(=O)c2cc(C(=O)Nc3ccc4c(c3)OCCO4)ccc2C)c(C)c1. The molecule has 0 aliphatic carbocycles. The average molecular weight is 453 g/mol. The maximum absolute atomic E-state index is 13.1. The Bertz CT molecular complexity index is 1300. The number of fused-ring (bicyclic) bond motifs is 1. The lowest BCUT2D eigenvalue weighted by Gasteiger charge is -2.19. The molecule has 0 atom stereocenters. The number of aryl methyl sites for hydroxylation is 3. The molecule has 1 aliphatic heterocycles. The number of ether oxygens (including phenoxy) is 2. The fourth-order valence-corrected chi connectivity index (χ4v) is 4.89. The van der Waals surface area contributed by atoms with Crippen molar-refractivity contribution in [3.63, 3.8) is 0 Å². The molecular weight excluding hydrogens is 428 g/mol. The van der Waals surface area contributed by atoms with E-state index in [0.717, 1.165) is 11.1 Å². The van der Waals surface area contributed by atoms with E-state index in [9.17, 15) is 13.2 Å². The molecule has 0 saturated carbocycles. The van der Waals surface area contributed by atoms with Crippen LogP contribution < -0.4 is 19.5 Å². The second-order valence-corrected chi connectivity index (χ2v) is 9.37. The van der Waals surface area contributed by atoms with Crippen LogP contribution in [0.3, 0.4) is 0 Å². The van der Waals surface area contributed by atoms with Crippen molar-refractivity contribution in [2.75, 3.05) is 23.3 Å². The second-order valence-electron chi connectivity index (χ2n) is 7.72. The third-order valence-electron chi connectivity index (χ3n) is 5.17. The van der Waals surface area contributed by atoms with Crippen LogP contribution in [0.1, 0.15) is 27.0 Å². The molecule has 4 rings (SSSR count). The number of sulfonamides is 1. The molecule has 3 aromatic carbocycles. The van der Waals surface area contributed by atoms with Crippen molar-refractivity contribution in [3.05, 3.63) is 76.9 Å². The van der Waals surface area contributed by atoms with Crippen molar-refractivity contribution in [1.29, 1.82) is 0 Å². The molecule has 2 N–H and O–H groups in total. The molecule has 166 valence electrons. The molecule has 0 spiro atoms. The van der Waals surface area contributed by atoms with Gasteiger partial charge in [0.05, 0.1) is 10.6 Å². The minimum atomic E-state index is -3.89. The fraction of sp³-hybridized carbons (Fsp3) is 0.208. The smallest absolute Gasteiger partial charge is 0.262 e. The van der Waals surface area contributed by atoms with Gasteiger partial charge in [-0.15, -0.1) is 0 Å². The number of nitrogens with one attached hydrogen (secondary N) is 2. The third-order valence-corrected chi connectivity index (χ3v) is 6.67. The monoisotopic (exact) mass is 452 g/mol. The van der Waals surface area contributed by atoms with Crippen molar-refractivity contribution in [1.82, 2.24) is 0 Å². The Hall–Kier alpha value is -3.52. The maximum atomic E-state index is 13.1. The quantitative estimate of drug-likeness (QED) is 0.597. The summed E-state index contributed by atoms with van der Waals surface area (Å²) in [5, 5.41) is 2.78. The first-order valence-electron chi connectivity index (χ1n) is 10.1. The van der Waals surface area contributed by atoms with Gasteiger partial charge in [0.15, 0.2) is 11.5 Å². The average Bonchev–Trinajstić information content (AvgIpc) is 2.75. The zero-order chi connectivity index (χ0) is 22.9. The molecule has 1 aliphatic rings. The van der Waals surface area contributed by atoms with E-state index in [2.05, 4.69) is 10.0 Å². The molecule has 0 bridgehead atoms. The van der Waals surface area contributed by atoms with Crippen molar-refractivity contribution in [3.8, 4) is 11.5 Å². The van der Waals surface area contributed by atoms with Crippen LogP contribution in [0.15, 0.2) is 59.5 Å². The molecular formula is C24H24N2O5S. The highest BCUT2D eigenvalue weighted by atomic mass is 32.2. The van der Waals surface area contributed by atoms with Gasteiger partial charge in [-0.2, -0.15) is 0 Å². The van der Waals surface area contributed by atoms with Gasteiger partial charge in [-0.3, -0.25) is 9.52 Å². The Kier molecular flexibility index (Phi) is 5.80. The summed E-state index contributed by atoms with van der Waals surface area (Å²) in [6.45, 7) is 6.40. The zero-order valence-electron chi connectivity index (χ0n) is 18.1. The van der Waals surface area contributed by atoms with Gasteiger partial charge < -0.3 is 14.8 Å². The predicted molar refractivity (Wildman–Crippen MR) is 123 cm³/mol. The summed E-state index contributed by atoms with van der Waals surface area (Å²) in [5.74, 6) is 0.749. The van der Waals surface area contributed by atoms with Gasteiger partial charge in [-0.1, -0.05) is 23.8 Å². The van der Waals surface area contributed by atoms with E-state index in [1.807, 2.05) is 26.0 Å². The van der Waals surface area contributed by atoms with Gasteiger partial charge in [0.25, 0.3) is 15.9 Å². The number of benzene rings is 3. The van der Waals surface area contributed by atoms with Gasteiger partial charge in [0.2, 0.25) is 0 Å². The Morgan fingerprint density at radius 3 is 2.34 bits per heavy atom. The largest absolute Gasteiger partial charge is 0.486 e. The van der Waals surface area contributed by atoms with Gasteiger partial charge in [-0.25, -0.2) is 8.42 Å². The van der Waals surface area contributed by atoms with E-state index < -0.39 is 15.9 Å². The summed E-state index contributed by atoms with van der Waals surface area (Å²) < 4.78 is 39.8. The first kappa shape index (κ1) is 21.7. The van der Waals surface area contributed by atoms with E-state index in [4.69, 9.17) is 9.47 Å². The van der Waals surface area contributed by atoms with Crippen LogP contribution in [0, 0.1) is 20.8 Å². The summed E-state index contributed by atoms with van der Waals surface area (Å²) in [4.78, 5) is 12.9. The minimum absolute atomic E-state index is 0.0484. The molecule has 0 fully saturated rings. The lowest BCUT2D eigenvalue weighted by molar-refractivity contribution is 0.102. The van der Waals surface area contributed by atoms with Crippen LogP contribution in [-0.4, -0.2) is 27.5 Å². The Morgan fingerprint density at radius 1 is 0.844 bits per heavy atom. The Labute approximate surface area is 187 Å². The standard InChI is InChI=1S/C24H24N2O5S/c1-15-4-8-20(17(3)12-15)26-32(28,29)23-13-18(6-5-16(23)2)24(27)25-19-7-9-21-22(14-19)31-11-10-30-21/h4-9,12-14,26H,10-11H2,1-3H3,(H,25,27). The zero-order valence-corrected chi connectivity index (χ0v) is 18.9. The molecule has 8 heteroatoms. The molecule has 0 radical (unpaired) electrons. The Balaban J connectivity index is 1.58. The Morgan fingerprint density at radius 2 is 1.59 bits per heavy atom. The van der Waals surface area contributed by atoms with Gasteiger partial charge in [-0.05, 0) is 62.2 Å². The molecule has 0 saturated heterocycles. The summed E-state index contributed by atoms with van der Waals surface area (Å²) in [5.41, 5.74) is 3.65. The predicted octanol–water partition coefficient (Wildman–Crippen LogP) is 4.44. The van der Waals surface area contributed by atoms with Gasteiger partial charge in [0, 0.05) is 17.3 Å². The molecule has 7 nitrogen and oxygen atoms in total. The summed E-state index contributed by atoms with van der Waals surface area (Å²) in [6.07, 6.45) is 0. The molecule has 0 unspecified atom stereocenters. The fourth-order valence-electron chi connectivity index (χ4n) is 3.48. The molecule has 32 heavy (non-hydrogen) atoms. The van der Waals surface area contributed by atoms with Crippen LogP contribution >= 0.6 is 0 Å². The highest BCUT2D eigenvalue weighted by Gasteiger charge is 2.21. The van der Waals surface area contributed by atoms with E-state index in [-0.39, 0.29) is 10.5 Å². The normalized spacial score (nSPS) is 12.8. The van der Waals surface area contributed by atoms with E-state index in [0.29, 0.717) is 41.7 Å². The van der Waals surface area contributed by atoms with E-state index in [1.165, 1.54) is 6.07 Å². The number of hydrogen-bond donors (Lipinski definition) is 2. The number of hydrogen-bond acceptors (Lipinski definition) is 5. The van der Waals surface area contributed by atoms with Crippen molar-refractivity contribution in [2.45, 2.75) is 25.7 Å². The highest BCUT2D eigenvalue weighted by molar-refractivity contribution is 7.92. The number of anilines is 2. The van der Waals surface area contributed by atoms with Crippen LogP contribution in [0.5, 0.6) is 11.5 Å². The number of carbonyl (C=O) groups excluding carboxylic acids is 1.